The van der Waals surface area contributed by atoms with Crippen molar-refractivity contribution < 1.29 is 23.8 Å². The van der Waals surface area contributed by atoms with E-state index in [1.54, 1.807) is 31.2 Å². The van der Waals surface area contributed by atoms with E-state index >= 15 is 0 Å². The van der Waals surface area contributed by atoms with Crippen LogP contribution >= 0.6 is 0 Å². The first-order chi connectivity index (χ1) is 11.4. The van der Waals surface area contributed by atoms with Crippen LogP contribution in [0.15, 0.2) is 42.2 Å². The van der Waals surface area contributed by atoms with Crippen molar-refractivity contribution in [2.24, 2.45) is 0 Å². The van der Waals surface area contributed by atoms with E-state index in [1.165, 1.54) is 20.5 Å². The molecule has 6 heteroatoms. The number of carbonyl (C=O) groups is 2. The van der Waals surface area contributed by atoms with Crippen LogP contribution < -0.4 is 4.74 Å². The molecular weight excluding hydrogens is 310 g/mol. The van der Waals surface area contributed by atoms with Crippen LogP contribution in [0.2, 0.25) is 0 Å². The summed E-state index contributed by atoms with van der Waals surface area (Å²) < 4.78 is 14.2. The quantitative estimate of drug-likeness (QED) is 0.284. The Morgan fingerprint density at radius 3 is 2.21 bits per heavy atom. The van der Waals surface area contributed by atoms with Gasteiger partial charge in [0, 0.05) is 11.3 Å². The Hall–Kier alpha value is -2.89. The summed E-state index contributed by atoms with van der Waals surface area (Å²) in [4.78, 5) is 21.9. The van der Waals surface area contributed by atoms with Crippen molar-refractivity contribution in [3.8, 4) is 5.75 Å². The van der Waals surface area contributed by atoms with Gasteiger partial charge in [-0.2, -0.15) is 0 Å². The van der Waals surface area contributed by atoms with Crippen LogP contribution in [0.3, 0.4) is 0 Å². The Morgan fingerprint density at radius 2 is 1.79 bits per heavy atom. The fourth-order valence-corrected chi connectivity index (χ4v) is 1.51. The normalized spacial score (nSPS) is 10.9. The molecule has 1 aromatic rings. The minimum Gasteiger partial charge on any atom is -0.503 e. The highest BCUT2D eigenvalue weighted by Crippen LogP contribution is 2.26. The van der Waals surface area contributed by atoms with E-state index in [9.17, 15) is 9.59 Å². The van der Waals surface area contributed by atoms with Gasteiger partial charge in [-0.1, -0.05) is 24.3 Å². The molecule has 0 fully saturated rings. The van der Waals surface area contributed by atoms with Gasteiger partial charge in [-0.3, -0.25) is 4.79 Å². The number of methoxy groups -OCH3 is 2. The van der Waals surface area contributed by atoms with Crippen molar-refractivity contribution in [3.63, 3.8) is 0 Å². The summed E-state index contributed by atoms with van der Waals surface area (Å²) in [5.74, 6) is -0.315. The molecule has 130 valence electrons. The molecule has 1 rings (SSSR count). The maximum atomic E-state index is 11.5. The number of hydrogen-bond acceptors (Lipinski definition) is 6. The van der Waals surface area contributed by atoms with Crippen LogP contribution in [-0.2, 0) is 19.1 Å². The zero-order chi connectivity index (χ0) is 18.5. The molecule has 6 nitrogen and oxygen atoms in total. The molecule has 0 saturated heterocycles. The van der Waals surface area contributed by atoms with Gasteiger partial charge in [-0.25, -0.2) is 4.79 Å². The molecule has 0 bridgehead atoms. The zero-order valence-electron chi connectivity index (χ0n) is 14.6. The average molecular weight is 333 g/mol. The van der Waals surface area contributed by atoms with Gasteiger partial charge in [-0.05, 0) is 32.4 Å². The van der Waals surface area contributed by atoms with Crippen molar-refractivity contribution in [3.05, 3.63) is 47.7 Å². The first-order valence-electron chi connectivity index (χ1n) is 7.12. The second-order valence-electron chi connectivity index (χ2n) is 4.57. The molecule has 24 heavy (non-hydrogen) atoms. The summed E-state index contributed by atoms with van der Waals surface area (Å²) in [6, 6.07) is 6.58. The Kier molecular flexibility index (Phi) is 10.2. The van der Waals surface area contributed by atoms with E-state index in [1.807, 2.05) is 19.9 Å². The van der Waals surface area contributed by atoms with Gasteiger partial charge in [0.05, 0.1) is 20.5 Å². The van der Waals surface area contributed by atoms with E-state index in [0.717, 1.165) is 5.57 Å². The molecule has 0 aromatic heterocycles. The number of hydrogen-bond donors (Lipinski definition) is 1. The van der Waals surface area contributed by atoms with Crippen molar-refractivity contribution in [2.75, 3.05) is 14.2 Å². The molecule has 0 aliphatic carbocycles. The van der Waals surface area contributed by atoms with E-state index in [0.29, 0.717) is 17.7 Å². The average Bonchev–Trinajstić information content (AvgIpc) is 2.59. The van der Waals surface area contributed by atoms with Crippen LogP contribution in [0, 0.1) is 5.41 Å². The van der Waals surface area contributed by atoms with Gasteiger partial charge >= 0.3 is 5.97 Å². The maximum Gasteiger partial charge on any atom is 0.341 e. The van der Waals surface area contributed by atoms with Gasteiger partial charge in [0.15, 0.2) is 0 Å². The standard InChI is InChI=1S/C12H12O5.C6H11N/c1-15-7-10(12(14)16-2)9-5-3-4-6-11(9)17-8-13;1-4-5(2)6(3)7/h3-8H,1-2H3;4,7H,1-3H3/b10-7+;5-4+,7-6?. The summed E-state index contributed by atoms with van der Waals surface area (Å²) in [5, 5.41) is 7.03. The fraction of sp³-hybridized carbons (Fsp3) is 0.278. The van der Waals surface area contributed by atoms with Crippen molar-refractivity contribution in [1.29, 1.82) is 5.41 Å². The summed E-state index contributed by atoms with van der Waals surface area (Å²) in [6.07, 6.45) is 3.17. The van der Waals surface area contributed by atoms with Crippen LogP contribution in [0.5, 0.6) is 5.75 Å². The van der Waals surface area contributed by atoms with E-state index < -0.39 is 5.97 Å². The first kappa shape index (κ1) is 21.1. The van der Waals surface area contributed by atoms with Crippen molar-refractivity contribution >= 4 is 23.7 Å². The Morgan fingerprint density at radius 1 is 1.17 bits per heavy atom. The predicted octanol–water partition coefficient (Wildman–Crippen LogP) is 3.37. The lowest BCUT2D eigenvalue weighted by Gasteiger charge is -2.09. The molecule has 0 heterocycles. The summed E-state index contributed by atoms with van der Waals surface area (Å²) in [5.41, 5.74) is 2.31. The van der Waals surface area contributed by atoms with E-state index in [2.05, 4.69) is 4.74 Å². The predicted molar refractivity (Wildman–Crippen MR) is 93.0 cm³/mol. The molecule has 0 atom stereocenters. The number of nitrogens with one attached hydrogen (secondary N) is 1. The van der Waals surface area contributed by atoms with Crippen LogP contribution in [-0.4, -0.2) is 32.4 Å². The smallest absolute Gasteiger partial charge is 0.341 e. The minimum absolute atomic E-state index is 0.174. The fourth-order valence-electron chi connectivity index (χ4n) is 1.51. The van der Waals surface area contributed by atoms with E-state index in [-0.39, 0.29) is 11.3 Å². The summed E-state index contributed by atoms with van der Waals surface area (Å²) >= 11 is 0. The van der Waals surface area contributed by atoms with Crippen LogP contribution in [0.25, 0.3) is 5.57 Å². The number of ether oxygens (including phenoxy) is 3. The van der Waals surface area contributed by atoms with Gasteiger partial charge in [0.25, 0.3) is 6.47 Å². The third-order valence-corrected chi connectivity index (χ3v) is 3.02. The molecule has 0 radical (unpaired) electrons. The van der Waals surface area contributed by atoms with Crippen molar-refractivity contribution in [2.45, 2.75) is 20.8 Å². The molecule has 0 spiro atoms. The molecule has 1 N–H and O–H groups in total. The Labute approximate surface area is 142 Å². The third-order valence-electron chi connectivity index (χ3n) is 3.02. The number of benzene rings is 1. The lowest BCUT2D eigenvalue weighted by molar-refractivity contribution is -0.133. The van der Waals surface area contributed by atoms with Gasteiger partial charge in [0.2, 0.25) is 0 Å². The minimum atomic E-state index is -0.575. The SMILES string of the molecule is C/C=C(\C)C(C)=N.CO/C=C(/C(=O)OC)c1ccccc1OC=O. The zero-order valence-corrected chi connectivity index (χ0v) is 14.6. The maximum absolute atomic E-state index is 11.5. The molecule has 0 unspecified atom stereocenters. The number of allylic oxidation sites excluding steroid dienone is 2. The Balaban J connectivity index is 0.000000640. The van der Waals surface area contributed by atoms with Crippen molar-refractivity contribution in [1.82, 2.24) is 0 Å². The number of rotatable bonds is 6. The number of carbonyl (C=O) groups excluding carboxylic acids is 2. The topological polar surface area (TPSA) is 85.7 Å². The highest BCUT2D eigenvalue weighted by atomic mass is 16.5. The summed E-state index contributed by atoms with van der Waals surface area (Å²) in [7, 11) is 2.67. The monoisotopic (exact) mass is 333 g/mol. The van der Waals surface area contributed by atoms with Gasteiger partial charge < -0.3 is 19.6 Å². The molecule has 1 aromatic carbocycles. The second-order valence-corrected chi connectivity index (χ2v) is 4.57. The molecule has 0 amide bonds. The number of para-hydroxylation sites is 1. The molecule has 0 aliphatic heterocycles. The third kappa shape index (κ3) is 6.91. The molecular formula is C18H23NO5. The van der Waals surface area contributed by atoms with Crippen LogP contribution in [0.1, 0.15) is 26.3 Å². The highest BCUT2D eigenvalue weighted by molar-refractivity contribution is 6.17. The molecule has 0 aliphatic rings. The van der Waals surface area contributed by atoms with Crippen LogP contribution in [0.4, 0.5) is 0 Å². The Bertz CT molecular complexity index is 632. The molecule has 0 saturated carbocycles. The lowest BCUT2D eigenvalue weighted by Crippen LogP contribution is -2.06. The largest absolute Gasteiger partial charge is 0.503 e. The highest BCUT2D eigenvalue weighted by Gasteiger charge is 2.17. The van der Waals surface area contributed by atoms with Gasteiger partial charge in [0.1, 0.15) is 11.3 Å². The summed E-state index contributed by atoms with van der Waals surface area (Å²) in [6.45, 7) is 5.95. The second kappa shape index (κ2) is 11.6. The van der Waals surface area contributed by atoms with Gasteiger partial charge in [-0.15, -0.1) is 0 Å². The number of esters is 1. The van der Waals surface area contributed by atoms with E-state index in [4.69, 9.17) is 14.9 Å². The first-order valence-corrected chi connectivity index (χ1v) is 7.12. The lowest BCUT2D eigenvalue weighted by atomic mass is 10.1.